The number of nitrogens with one attached hydrogen (secondary N) is 1. The van der Waals surface area contributed by atoms with Gasteiger partial charge in [0.1, 0.15) is 5.82 Å². The van der Waals surface area contributed by atoms with Crippen LogP contribution in [0.25, 0.3) is 0 Å². The molecule has 0 saturated carbocycles. The monoisotopic (exact) mass is 276 g/mol. The van der Waals surface area contributed by atoms with Crippen molar-refractivity contribution in [1.82, 2.24) is 14.8 Å². The molecular weight excluding hydrogens is 255 g/mol. The number of rotatable bonds is 3. The van der Waals surface area contributed by atoms with E-state index in [1.165, 1.54) is 6.07 Å². The van der Waals surface area contributed by atoms with Crippen LogP contribution in [0, 0.1) is 12.9 Å². The van der Waals surface area contributed by atoms with E-state index < -0.39 is 5.95 Å². The Hall–Kier alpha value is -1.91. The molecule has 1 atom stereocenters. The summed E-state index contributed by atoms with van der Waals surface area (Å²) in [5.74, 6) is 0.0460. The third-order valence-electron chi connectivity index (χ3n) is 3.17. The van der Waals surface area contributed by atoms with E-state index in [1.807, 2.05) is 24.7 Å². The first kappa shape index (κ1) is 14.5. The lowest BCUT2D eigenvalue weighted by molar-refractivity contribution is 0.354. The normalized spacial score (nSPS) is 13.3. The average molecular weight is 276 g/mol. The van der Waals surface area contributed by atoms with Gasteiger partial charge >= 0.3 is 0 Å². The smallest absolute Gasteiger partial charge is 0.214 e. The first-order valence-electron chi connectivity index (χ1n) is 6.73. The van der Waals surface area contributed by atoms with Crippen LogP contribution >= 0.6 is 0 Å². The van der Waals surface area contributed by atoms with Gasteiger partial charge in [0.25, 0.3) is 0 Å². The summed E-state index contributed by atoms with van der Waals surface area (Å²) in [6.45, 7) is 10.3. The van der Waals surface area contributed by atoms with Gasteiger partial charge in [-0.1, -0.05) is 6.07 Å². The molecule has 0 radical (unpaired) electrons. The molecule has 1 unspecified atom stereocenters. The van der Waals surface area contributed by atoms with E-state index in [0.717, 1.165) is 11.3 Å². The summed E-state index contributed by atoms with van der Waals surface area (Å²) in [5, 5.41) is 7.74. The predicted molar refractivity (Wildman–Crippen MR) is 78.2 cm³/mol. The molecule has 0 fully saturated rings. The number of aryl methyl sites for hydroxylation is 1. The Morgan fingerprint density at radius 1 is 1.30 bits per heavy atom. The molecule has 4 nitrogen and oxygen atoms in total. The van der Waals surface area contributed by atoms with E-state index in [2.05, 4.69) is 36.2 Å². The van der Waals surface area contributed by atoms with Crippen LogP contribution in [-0.4, -0.2) is 14.8 Å². The number of hydrogen-bond acceptors (Lipinski definition) is 3. The van der Waals surface area contributed by atoms with Gasteiger partial charge in [-0.3, -0.25) is 4.68 Å². The minimum absolute atomic E-state index is 0.0143. The summed E-state index contributed by atoms with van der Waals surface area (Å²) in [4.78, 5) is 3.82. The molecule has 0 bridgehead atoms. The zero-order chi connectivity index (χ0) is 14.9. The number of anilines is 1. The average Bonchev–Trinajstić information content (AvgIpc) is 2.71. The SMILES string of the molecule is Cc1nn(C(C)(C)C)cc1C(C)Nc1cccc(F)n1. The van der Waals surface area contributed by atoms with Gasteiger partial charge < -0.3 is 5.32 Å². The molecule has 0 aliphatic carbocycles. The fraction of sp³-hybridized carbons (Fsp3) is 0.467. The second-order valence-corrected chi connectivity index (χ2v) is 6.00. The predicted octanol–water partition coefficient (Wildman–Crippen LogP) is 3.65. The van der Waals surface area contributed by atoms with E-state index in [4.69, 9.17) is 0 Å². The van der Waals surface area contributed by atoms with Gasteiger partial charge in [-0.15, -0.1) is 0 Å². The van der Waals surface area contributed by atoms with Crippen molar-refractivity contribution in [3.05, 3.63) is 41.6 Å². The van der Waals surface area contributed by atoms with Crippen LogP contribution in [0.4, 0.5) is 10.2 Å². The van der Waals surface area contributed by atoms with Crippen molar-refractivity contribution in [2.24, 2.45) is 0 Å². The van der Waals surface area contributed by atoms with E-state index in [0.29, 0.717) is 5.82 Å². The fourth-order valence-corrected chi connectivity index (χ4v) is 2.03. The van der Waals surface area contributed by atoms with Gasteiger partial charge in [-0.05, 0) is 46.8 Å². The lowest BCUT2D eigenvalue weighted by Crippen LogP contribution is -2.22. The number of aromatic nitrogens is 3. The Balaban J connectivity index is 2.21. The standard InChI is InChI=1S/C15H21FN4/c1-10(17-14-8-6-7-13(16)18-14)12-9-20(15(3,4)5)19-11(12)2/h6-10H,1-5H3,(H,17,18). The molecule has 2 heterocycles. The zero-order valence-electron chi connectivity index (χ0n) is 12.6. The highest BCUT2D eigenvalue weighted by molar-refractivity contribution is 5.38. The summed E-state index contributed by atoms with van der Waals surface area (Å²) in [7, 11) is 0. The molecule has 0 spiro atoms. The van der Waals surface area contributed by atoms with Crippen LogP contribution in [0.5, 0.6) is 0 Å². The summed E-state index contributed by atoms with van der Waals surface area (Å²) in [6.07, 6.45) is 2.03. The minimum Gasteiger partial charge on any atom is -0.363 e. The molecule has 5 heteroatoms. The van der Waals surface area contributed by atoms with Crippen molar-refractivity contribution in [2.75, 3.05) is 5.32 Å². The van der Waals surface area contributed by atoms with Crippen LogP contribution in [0.15, 0.2) is 24.4 Å². The van der Waals surface area contributed by atoms with Crippen LogP contribution in [0.1, 0.15) is 45.0 Å². The van der Waals surface area contributed by atoms with Gasteiger partial charge in [-0.2, -0.15) is 9.49 Å². The highest BCUT2D eigenvalue weighted by Crippen LogP contribution is 2.23. The van der Waals surface area contributed by atoms with Crippen molar-refractivity contribution in [2.45, 2.75) is 46.2 Å². The molecular formula is C15H21FN4. The maximum Gasteiger partial charge on any atom is 0.214 e. The van der Waals surface area contributed by atoms with Crippen LogP contribution < -0.4 is 5.32 Å². The zero-order valence-corrected chi connectivity index (χ0v) is 12.6. The third kappa shape index (κ3) is 3.15. The topological polar surface area (TPSA) is 42.7 Å². The van der Waals surface area contributed by atoms with E-state index >= 15 is 0 Å². The molecule has 0 aliphatic rings. The Morgan fingerprint density at radius 2 is 2.00 bits per heavy atom. The molecule has 20 heavy (non-hydrogen) atoms. The fourth-order valence-electron chi connectivity index (χ4n) is 2.03. The summed E-state index contributed by atoms with van der Waals surface area (Å²) < 4.78 is 15.0. The Morgan fingerprint density at radius 3 is 2.55 bits per heavy atom. The molecule has 0 aliphatic heterocycles. The summed E-state index contributed by atoms with van der Waals surface area (Å²) >= 11 is 0. The third-order valence-corrected chi connectivity index (χ3v) is 3.17. The summed E-state index contributed by atoms with van der Waals surface area (Å²) in [6, 6.07) is 4.74. The highest BCUT2D eigenvalue weighted by atomic mass is 19.1. The largest absolute Gasteiger partial charge is 0.363 e. The molecule has 1 N–H and O–H groups in total. The second kappa shape index (κ2) is 5.23. The van der Waals surface area contributed by atoms with Crippen molar-refractivity contribution in [3.8, 4) is 0 Å². The lowest BCUT2D eigenvalue weighted by atomic mass is 10.1. The highest BCUT2D eigenvalue weighted by Gasteiger charge is 2.19. The molecule has 0 saturated heterocycles. The Kier molecular flexibility index (Phi) is 3.79. The summed E-state index contributed by atoms with van der Waals surface area (Å²) in [5.41, 5.74) is 2.00. The van der Waals surface area contributed by atoms with Crippen molar-refractivity contribution in [1.29, 1.82) is 0 Å². The Labute approximate surface area is 119 Å². The molecule has 2 aromatic heterocycles. The van der Waals surface area contributed by atoms with Gasteiger partial charge in [0.2, 0.25) is 5.95 Å². The number of halogens is 1. The molecule has 0 amide bonds. The molecule has 2 rings (SSSR count). The quantitative estimate of drug-likeness (QED) is 0.870. The van der Waals surface area contributed by atoms with Gasteiger partial charge in [0.15, 0.2) is 0 Å². The van der Waals surface area contributed by atoms with Crippen molar-refractivity contribution >= 4 is 5.82 Å². The minimum atomic E-state index is -0.482. The lowest BCUT2D eigenvalue weighted by Gasteiger charge is -2.19. The number of pyridine rings is 1. The molecule has 2 aromatic rings. The van der Waals surface area contributed by atoms with Gasteiger partial charge in [-0.25, -0.2) is 4.98 Å². The van der Waals surface area contributed by atoms with Crippen molar-refractivity contribution < 1.29 is 4.39 Å². The first-order valence-corrected chi connectivity index (χ1v) is 6.73. The number of hydrogen-bond donors (Lipinski definition) is 1. The number of nitrogens with zero attached hydrogens (tertiary/aromatic N) is 3. The van der Waals surface area contributed by atoms with Crippen molar-refractivity contribution in [3.63, 3.8) is 0 Å². The van der Waals surface area contributed by atoms with Crippen LogP contribution in [0.2, 0.25) is 0 Å². The molecule has 0 aromatic carbocycles. The van der Waals surface area contributed by atoms with E-state index in [9.17, 15) is 4.39 Å². The second-order valence-electron chi connectivity index (χ2n) is 6.00. The van der Waals surface area contributed by atoms with E-state index in [1.54, 1.807) is 12.1 Å². The van der Waals surface area contributed by atoms with Crippen LogP contribution in [0.3, 0.4) is 0 Å². The maximum atomic E-state index is 13.1. The Bertz CT molecular complexity index is 598. The van der Waals surface area contributed by atoms with Crippen LogP contribution in [-0.2, 0) is 5.54 Å². The van der Waals surface area contributed by atoms with Gasteiger partial charge in [0, 0.05) is 11.8 Å². The maximum absolute atomic E-state index is 13.1. The van der Waals surface area contributed by atoms with E-state index in [-0.39, 0.29) is 11.6 Å². The van der Waals surface area contributed by atoms with Gasteiger partial charge in [0.05, 0.1) is 17.3 Å². The molecule has 108 valence electrons. The first-order chi connectivity index (χ1) is 9.27.